The molecule has 5 rings (SSSR count). The minimum atomic E-state index is -5.31. The van der Waals surface area contributed by atoms with Gasteiger partial charge in [0.25, 0.3) is 5.92 Å². The molecule has 3 heterocycles. The normalized spacial score (nSPS) is 28.0. The summed E-state index contributed by atoms with van der Waals surface area (Å²) in [6, 6.07) is -6.15. The van der Waals surface area contributed by atoms with E-state index in [-0.39, 0.29) is 38.2 Å². The first-order chi connectivity index (χ1) is 20.6. The van der Waals surface area contributed by atoms with Gasteiger partial charge >= 0.3 is 18.1 Å². The van der Waals surface area contributed by atoms with E-state index in [9.17, 15) is 41.5 Å². The fourth-order valence-corrected chi connectivity index (χ4v) is 6.59. The number of alkyl halides is 5. The molecule has 44 heavy (non-hydrogen) atoms. The lowest BCUT2D eigenvalue weighted by molar-refractivity contribution is -0.196. The number of nitrogens with zero attached hydrogens (tertiary/aromatic N) is 1. The number of hydrogen-bond acceptors (Lipinski definition) is 6. The number of nitrogens with one attached hydrogen (secondary N) is 3. The number of carbonyl (C=O) groups excluding carboxylic acids is 5. The molecule has 4 amide bonds. The number of rotatable bonds is 11. The van der Waals surface area contributed by atoms with Gasteiger partial charge in [0.05, 0.1) is 18.6 Å². The number of piperidine rings is 2. The van der Waals surface area contributed by atoms with Gasteiger partial charge in [0.15, 0.2) is 0 Å². The van der Waals surface area contributed by atoms with Gasteiger partial charge in [-0.25, -0.2) is 13.6 Å². The molecule has 246 valence electrons. The number of fused-ring (bicyclic) bond motifs is 3. The largest absolute Gasteiger partial charge is 0.471 e. The summed E-state index contributed by atoms with van der Waals surface area (Å²) >= 11 is 0. The third kappa shape index (κ3) is 7.48. The maximum absolute atomic E-state index is 15.2. The van der Waals surface area contributed by atoms with Crippen LogP contribution in [0.5, 0.6) is 0 Å². The van der Waals surface area contributed by atoms with E-state index in [2.05, 4.69) is 15.4 Å². The molecule has 0 unspecified atom stereocenters. The average molecular weight is 639 g/mol. The second-order valence-electron chi connectivity index (χ2n) is 11.9. The lowest BCUT2D eigenvalue weighted by Gasteiger charge is -2.54. The van der Waals surface area contributed by atoms with E-state index in [4.69, 9.17) is 0 Å². The molecule has 5 aliphatic rings. The van der Waals surface area contributed by atoms with Crippen molar-refractivity contribution in [1.82, 2.24) is 20.9 Å². The molecule has 3 aliphatic heterocycles. The molecule has 0 radical (unpaired) electrons. The van der Waals surface area contributed by atoms with Crippen LogP contribution in [0.2, 0.25) is 0 Å². The summed E-state index contributed by atoms with van der Waals surface area (Å²) in [5.74, 6) is -13.7. The summed E-state index contributed by atoms with van der Waals surface area (Å²) in [5.41, 5.74) is 0. The Balaban J connectivity index is 1.64. The van der Waals surface area contributed by atoms with Gasteiger partial charge in [-0.2, -0.15) is 17.6 Å². The third-order valence-corrected chi connectivity index (χ3v) is 8.96. The van der Waals surface area contributed by atoms with E-state index >= 15 is 8.78 Å². The zero-order valence-electron chi connectivity index (χ0n) is 24.1. The van der Waals surface area contributed by atoms with Crippen molar-refractivity contribution in [2.75, 3.05) is 13.2 Å². The lowest BCUT2D eigenvalue weighted by atomic mass is 9.71. The molecule has 5 fully saturated rings. The molecule has 6 atom stereocenters. The molecular formula is C28H36F6N4O6. The fraction of sp³-hybridized carbons (Fsp3) is 0.750. The Morgan fingerprint density at radius 1 is 1.09 bits per heavy atom. The quantitative estimate of drug-likeness (QED) is 0.181. The van der Waals surface area contributed by atoms with Gasteiger partial charge in [-0.3, -0.25) is 19.2 Å². The Hall–Kier alpha value is -3.33. The van der Waals surface area contributed by atoms with E-state index in [1.807, 2.05) is 0 Å². The Morgan fingerprint density at radius 3 is 2.34 bits per heavy atom. The van der Waals surface area contributed by atoms with Crippen LogP contribution in [-0.4, -0.2) is 83.9 Å². The fourth-order valence-electron chi connectivity index (χ4n) is 6.59. The molecule has 3 N–H and O–H groups in total. The maximum Gasteiger partial charge on any atom is 0.471 e. The molecule has 2 saturated carbocycles. The van der Waals surface area contributed by atoms with E-state index in [0.29, 0.717) is 31.9 Å². The van der Waals surface area contributed by atoms with E-state index in [1.54, 1.807) is 5.32 Å². The van der Waals surface area contributed by atoms with Crippen LogP contribution in [0.15, 0.2) is 11.9 Å². The van der Waals surface area contributed by atoms with E-state index in [1.165, 1.54) is 6.92 Å². The summed E-state index contributed by atoms with van der Waals surface area (Å²) in [6.45, 7) is 1.58. The van der Waals surface area contributed by atoms with Crippen LogP contribution in [0.4, 0.5) is 26.3 Å². The van der Waals surface area contributed by atoms with Crippen molar-refractivity contribution in [2.45, 2.75) is 101 Å². The standard InChI is InChI=1S/C28H36F6N4O6/c1-2-44-25(42)19(29)12-16(11-15-8-9-35-22(15)39)36-23(40)21-18-7-6-17(13-27(18,30)31)38(21)24(41)20(10-14-4-3-5-14)37-26(43)28(32,33)34/h12,14-18,20-21H,2-11,13H2,1H3,(H,35,39)(H,36,40)(H,37,43)/b19-12-/t15-,16+,17-,18-,20+,21+/m0/s1. The molecule has 2 bridgehead atoms. The van der Waals surface area contributed by atoms with E-state index in [0.717, 1.165) is 11.3 Å². The summed E-state index contributed by atoms with van der Waals surface area (Å²) < 4.78 is 89.1. The average Bonchev–Trinajstić information content (AvgIpc) is 3.31. The Morgan fingerprint density at radius 2 is 1.80 bits per heavy atom. The van der Waals surface area contributed by atoms with Gasteiger partial charge < -0.3 is 25.6 Å². The topological polar surface area (TPSA) is 134 Å². The predicted molar refractivity (Wildman–Crippen MR) is 140 cm³/mol. The number of halogens is 6. The molecule has 0 aromatic rings. The van der Waals surface area contributed by atoms with Gasteiger partial charge in [0, 0.05) is 24.9 Å². The molecule has 10 nitrogen and oxygen atoms in total. The Labute approximate surface area is 249 Å². The summed E-state index contributed by atoms with van der Waals surface area (Å²) in [7, 11) is 0. The van der Waals surface area contributed by atoms with Crippen LogP contribution in [0.3, 0.4) is 0 Å². The monoisotopic (exact) mass is 638 g/mol. The van der Waals surface area contributed by atoms with Crippen molar-refractivity contribution in [1.29, 1.82) is 0 Å². The highest BCUT2D eigenvalue weighted by molar-refractivity contribution is 5.94. The molecule has 3 saturated heterocycles. The number of amides is 4. The summed E-state index contributed by atoms with van der Waals surface area (Å²) in [4.78, 5) is 64.4. The second kappa shape index (κ2) is 13.3. The van der Waals surface area contributed by atoms with Crippen LogP contribution < -0.4 is 16.0 Å². The highest BCUT2D eigenvalue weighted by Gasteiger charge is 2.61. The first kappa shape index (κ1) is 33.6. The van der Waals surface area contributed by atoms with Crippen LogP contribution >= 0.6 is 0 Å². The molecule has 0 aromatic carbocycles. The van der Waals surface area contributed by atoms with Crippen LogP contribution in [0.1, 0.15) is 64.7 Å². The lowest BCUT2D eigenvalue weighted by Crippen LogP contribution is -2.71. The zero-order chi connectivity index (χ0) is 32.4. The van der Waals surface area contributed by atoms with Gasteiger partial charge in [-0.15, -0.1) is 0 Å². The number of carbonyl (C=O) groups is 5. The van der Waals surface area contributed by atoms with Crippen molar-refractivity contribution >= 4 is 29.6 Å². The zero-order valence-corrected chi connectivity index (χ0v) is 24.1. The van der Waals surface area contributed by atoms with Crippen LogP contribution in [0.25, 0.3) is 0 Å². The Bertz CT molecular complexity index is 1180. The minimum Gasteiger partial charge on any atom is -0.461 e. The molecule has 0 aromatic heterocycles. The van der Waals surface area contributed by atoms with Gasteiger partial charge in [-0.05, 0) is 51.0 Å². The van der Waals surface area contributed by atoms with Crippen molar-refractivity contribution < 1.29 is 55.1 Å². The summed E-state index contributed by atoms with van der Waals surface area (Å²) in [6.07, 6.45) is -3.60. The Kier molecular flexibility index (Phi) is 10.2. The maximum atomic E-state index is 15.2. The van der Waals surface area contributed by atoms with Crippen molar-refractivity contribution in [3.63, 3.8) is 0 Å². The number of hydrogen-bond donors (Lipinski definition) is 3. The van der Waals surface area contributed by atoms with Gasteiger partial charge in [-0.1, -0.05) is 19.3 Å². The molecule has 2 aliphatic carbocycles. The highest BCUT2D eigenvalue weighted by atomic mass is 19.4. The molecular weight excluding hydrogens is 602 g/mol. The predicted octanol–water partition coefficient (Wildman–Crippen LogP) is 2.67. The van der Waals surface area contributed by atoms with E-state index < -0.39 is 89.9 Å². The van der Waals surface area contributed by atoms with Gasteiger partial charge in [0.1, 0.15) is 12.1 Å². The second-order valence-corrected chi connectivity index (χ2v) is 11.9. The first-order valence-electron chi connectivity index (χ1n) is 14.8. The number of ether oxygens (including phenoxy) is 1. The van der Waals surface area contributed by atoms with Crippen molar-refractivity contribution in [3.8, 4) is 0 Å². The SMILES string of the molecule is CCOC(=O)/C(F)=C/[C@@H](C[C@@H]1CCNC1=O)NC(=O)[C@H]1[C@@H]2CC[C@@H](CC2(F)F)N1C(=O)[C@@H](CC1CCC1)NC(=O)C(F)(F)F. The smallest absolute Gasteiger partial charge is 0.461 e. The van der Waals surface area contributed by atoms with Crippen molar-refractivity contribution in [2.24, 2.45) is 17.8 Å². The summed E-state index contributed by atoms with van der Waals surface area (Å²) in [5, 5.41) is 6.69. The van der Waals surface area contributed by atoms with Crippen molar-refractivity contribution in [3.05, 3.63) is 11.9 Å². The highest BCUT2D eigenvalue weighted by Crippen LogP contribution is 2.49. The minimum absolute atomic E-state index is 0.0577. The third-order valence-electron chi connectivity index (χ3n) is 8.96. The van der Waals surface area contributed by atoms with Crippen LogP contribution in [-0.2, 0) is 28.7 Å². The molecule has 0 spiro atoms. The molecule has 16 heteroatoms. The number of esters is 1. The first-order valence-corrected chi connectivity index (χ1v) is 14.8. The van der Waals surface area contributed by atoms with Crippen LogP contribution in [0, 0.1) is 17.8 Å². The van der Waals surface area contributed by atoms with Gasteiger partial charge in [0.2, 0.25) is 23.5 Å².